The number of carboxylic acids is 1. The Morgan fingerprint density at radius 1 is 1.25 bits per heavy atom. The molecule has 5 atom stereocenters. The van der Waals surface area contributed by atoms with E-state index < -0.39 is 23.7 Å². The van der Waals surface area contributed by atoms with Crippen molar-refractivity contribution in [3.05, 3.63) is 0 Å². The summed E-state index contributed by atoms with van der Waals surface area (Å²) in [6, 6.07) is -0.815. The van der Waals surface area contributed by atoms with Crippen molar-refractivity contribution < 1.29 is 24.2 Å². The second-order valence-electron chi connectivity index (χ2n) is 6.95. The molecular formula is C14H21NO5. The molecule has 2 bridgehead atoms. The normalized spacial score (nSPS) is 39.0. The molecule has 0 saturated carbocycles. The van der Waals surface area contributed by atoms with E-state index in [2.05, 4.69) is 0 Å². The van der Waals surface area contributed by atoms with Crippen molar-refractivity contribution >= 4 is 12.1 Å². The summed E-state index contributed by atoms with van der Waals surface area (Å²) in [5, 5.41) is 9.50. The number of hydrogen-bond acceptors (Lipinski definition) is 4. The number of carbonyl (C=O) groups excluding carboxylic acids is 1. The highest BCUT2D eigenvalue weighted by Crippen LogP contribution is 2.50. The molecule has 6 nitrogen and oxygen atoms in total. The molecule has 0 aromatic rings. The third-order valence-electron chi connectivity index (χ3n) is 4.48. The first kappa shape index (κ1) is 13.7. The van der Waals surface area contributed by atoms with Crippen LogP contribution in [0.15, 0.2) is 0 Å². The lowest BCUT2D eigenvalue weighted by molar-refractivity contribution is -0.144. The van der Waals surface area contributed by atoms with Crippen LogP contribution in [0.3, 0.4) is 0 Å². The Labute approximate surface area is 118 Å². The zero-order chi connectivity index (χ0) is 14.7. The van der Waals surface area contributed by atoms with Gasteiger partial charge in [0.25, 0.3) is 0 Å². The minimum absolute atomic E-state index is 0.0152. The lowest BCUT2D eigenvalue weighted by Gasteiger charge is -2.29. The molecule has 0 aliphatic carbocycles. The van der Waals surface area contributed by atoms with Gasteiger partial charge < -0.3 is 14.6 Å². The van der Waals surface area contributed by atoms with Crippen LogP contribution in [0.2, 0.25) is 0 Å². The molecule has 6 heteroatoms. The van der Waals surface area contributed by atoms with Crippen molar-refractivity contribution in [1.29, 1.82) is 0 Å². The fourth-order valence-electron chi connectivity index (χ4n) is 3.84. The summed E-state index contributed by atoms with van der Waals surface area (Å²) < 4.78 is 11.1. The topological polar surface area (TPSA) is 76.1 Å². The van der Waals surface area contributed by atoms with Gasteiger partial charge in [-0.1, -0.05) is 0 Å². The quantitative estimate of drug-likeness (QED) is 0.789. The zero-order valence-corrected chi connectivity index (χ0v) is 12.0. The standard InChI is InChI=1S/C14H21NO5/c1-14(2,3)20-13(18)15-6-7-8-4-5-9(19-8)10(7)11(15)12(16)17/h7-11H,4-6H2,1-3H3,(H,16,17)/t7-,8-,9+,10-,11?/m0/s1. The predicted octanol–water partition coefficient (Wildman–Crippen LogP) is 1.48. The van der Waals surface area contributed by atoms with Gasteiger partial charge in [0.1, 0.15) is 11.6 Å². The number of aliphatic carboxylic acids is 1. The Morgan fingerprint density at radius 2 is 1.90 bits per heavy atom. The van der Waals surface area contributed by atoms with Crippen LogP contribution in [-0.4, -0.2) is 52.5 Å². The van der Waals surface area contributed by atoms with E-state index in [0.29, 0.717) is 6.54 Å². The van der Waals surface area contributed by atoms with Crippen LogP contribution in [0.1, 0.15) is 33.6 Å². The van der Waals surface area contributed by atoms with Crippen LogP contribution in [0.25, 0.3) is 0 Å². The van der Waals surface area contributed by atoms with Gasteiger partial charge in [-0.3, -0.25) is 4.90 Å². The molecule has 3 fully saturated rings. The molecule has 0 spiro atoms. The van der Waals surface area contributed by atoms with Gasteiger partial charge in [-0.25, -0.2) is 9.59 Å². The van der Waals surface area contributed by atoms with Crippen molar-refractivity contribution in [2.75, 3.05) is 6.54 Å². The van der Waals surface area contributed by atoms with Crippen LogP contribution in [-0.2, 0) is 14.3 Å². The van der Waals surface area contributed by atoms with Crippen LogP contribution in [0.4, 0.5) is 4.79 Å². The number of nitrogens with zero attached hydrogens (tertiary/aromatic N) is 1. The van der Waals surface area contributed by atoms with Crippen LogP contribution < -0.4 is 0 Å². The van der Waals surface area contributed by atoms with Gasteiger partial charge in [0.2, 0.25) is 0 Å². The lowest BCUT2D eigenvalue weighted by Crippen LogP contribution is -2.47. The summed E-state index contributed by atoms with van der Waals surface area (Å²) in [6.07, 6.45) is 1.44. The van der Waals surface area contributed by atoms with E-state index in [1.54, 1.807) is 20.8 Å². The molecule has 1 amide bonds. The van der Waals surface area contributed by atoms with Crippen molar-refractivity contribution in [3.8, 4) is 0 Å². The maximum atomic E-state index is 12.2. The monoisotopic (exact) mass is 283 g/mol. The first-order valence-electron chi connectivity index (χ1n) is 7.16. The molecule has 3 aliphatic rings. The van der Waals surface area contributed by atoms with Crippen LogP contribution in [0.5, 0.6) is 0 Å². The summed E-state index contributed by atoms with van der Waals surface area (Å²) in [6.45, 7) is 5.77. The van der Waals surface area contributed by atoms with E-state index in [4.69, 9.17) is 9.47 Å². The fourth-order valence-corrected chi connectivity index (χ4v) is 3.84. The molecule has 3 saturated heterocycles. The average molecular weight is 283 g/mol. The molecule has 3 heterocycles. The van der Waals surface area contributed by atoms with Crippen LogP contribution in [0, 0.1) is 11.8 Å². The highest BCUT2D eigenvalue weighted by molar-refractivity contribution is 5.81. The van der Waals surface area contributed by atoms with Gasteiger partial charge in [-0.2, -0.15) is 0 Å². The van der Waals surface area contributed by atoms with Gasteiger partial charge in [-0.05, 0) is 33.6 Å². The first-order valence-corrected chi connectivity index (χ1v) is 7.16. The van der Waals surface area contributed by atoms with Crippen LogP contribution >= 0.6 is 0 Å². The minimum Gasteiger partial charge on any atom is -0.480 e. The molecule has 112 valence electrons. The highest BCUT2D eigenvalue weighted by atomic mass is 16.6. The number of amides is 1. The number of carbonyl (C=O) groups is 2. The predicted molar refractivity (Wildman–Crippen MR) is 69.2 cm³/mol. The maximum absolute atomic E-state index is 12.2. The Kier molecular flexibility index (Phi) is 2.97. The Hall–Kier alpha value is -1.30. The maximum Gasteiger partial charge on any atom is 0.411 e. The minimum atomic E-state index is -0.959. The Bertz CT molecular complexity index is 443. The number of hydrogen-bond donors (Lipinski definition) is 1. The second kappa shape index (κ2) is 4.35. The molecule has 0 radical (unpaired) electrons. The first-order chi connectivity index (χ1) is 9.28. The van der Waals surface area contributed by atoms with Gasteiger partial charge in [0.15, 0.2) is 0 Å². The van der Waals surface area contributed by atoms with Crippen molar-refractivity contribution in [2.24, 2.45) is 11.8 Å². The SMILES string of the molecule is CC(C)(C)OC(=O)N1C[C@@H]2[C@H](C1C(=O)O)[C@H]1CC[C@@H]2O1. The summed E-state index contributed by atoms with van der Waals surface area (Å²) in [5.41, 5.74) is -0.618. The van der Waals surface area contributed by atoms with E-state index in [1.807, 2.05) is 0 Å². The Morgan fingerprint density at radius 3 is 2.50 bits per heavy atom. The largest absolute Gasteiger partial charge is 0.480 e. The molecular weight excluding hydrogens is 262 g/mol. The number of carboxylic acid groups (broad SMARTS) is 1. The van der Waals surface area contributed by atoms with Crippen molar-refractivity contribution in [3.63, 3.8) is 0 Å². The molecule has 0 aromatic carbocycles. The molecule has 0 aromatic heterocycles. The number of ether oxygens (including phenoxy) is 2. The van der Waals surface area contributed by atoms with Crippen molar-refractivity contribution in [2.45, 2.75) is 57.5 Å². The summed E-state index contributed by atoms with van der Waals surface area (Å²) in [4.78, 5) is 25.2. The molecule has 3 rings (SSSR count). The third-order valence-corrected chi connectivity index (χ3v) is 4.48. The van der Waals surface area contributed by atoms with Gasteiger partial charge in [-0.15, -0.1) is 0 Å². The summed E-state index contributed by atoms with van der Waals surface area (Å²) >= 11 is 0. The zero-order valence-electron chi connectivity index (χ0n) is 12.0. The van der Waals surface area contributed by atoms with Gasteiger partial charge >= 0.3 is 12.1 Å². The fraction of sp³-hybridized carbons (Fsp3) is 0.857. The highest BCUT2D eigenvalue weighted by Gasteiger charge is 2.61. The third kappa shape index (κ3) is 2.06. The average Bonchev–Trinajstić information content (AvgIpc) is 2.97. The number of rotatable bonds is 1. The van der Waals surface area contributed by atoms with E-state index in [1.165, 1.54) is 4.90 Å². The number of likely N-dealkylation sites (tertiary alicyclic amines) is 1. The lowest BCUT2D eigenvalue weighted by atomic mass is 9.78. The molecule has 3 aliphatic heterocycles. The summed E-state index contributed by atoms with van der Waals surface area (Å²) in [7, 11) is 0. The van der Waals surface area contributed by atoms with Gasteiger partial charge in [0, 0.05) is 18.4 Å². The number of fused-ring (bicyclic) bond motifs is 5. The second-order valence-corrected chi connectivity index (χ2v) is 6.95. The Balaban J connectivity index is 1.81. The smallest absolute Gasteiger partial charge is 0.411 e. The van der Waals surface area contributed by atoms with E-state index >= 15 is 0 Å². The van der Waals surface area contributed by atoms with Gasteiger partial charge in [0.05, 0.1) is 12.2 Å². The van der Waals surface area contributed by atoms with E-state index in [9.17, 15) is 14.7 Å². The molecule has 20 heavy (non-hydrogen) atoms. The van der Waals surface area contributed by atoms with E-state index in [0.717, 1.165) is 12.8 Å². The van der Waals surface area contributed by atoms with Crippen molar-refractivity contribution in [1.82, 2.24) is 4.90 Å². The summed E-state index contributed by atoms with van der Waals surface area (Å²) in [5.74, 6) is -0.902. The molecule has 1 unspecified atom stereocenters. The van der Waals surface area contributed by atoms with E-state index in [-0.39, 0.29) is 24.0 Å². The molecule has 1 N–H and O–H groups in total.